The lowest BCUT2D eigenvalue weighted by atomic mass is 9.96. The first kappa shape index (κ1) is 29.9. The molecule has 0 fully saturated rings. The van der Waals surface area contributed by atoms with Crippen LogP contribution in [0, 0.1) is 6.92 Å². The van der Waals surface area contributed by atoms with Crippen molar-refractivity contribution >= 4 is 23.8 Å². The van der Waals surface area contributed by atoms with Crippen LogP contribution in [0.25, 0.3) is 0 Å². The monoisotopic (exact) mass is 490 g/mol. The largest absolute Gasteiger partial charge is 0.444 e. The zero-order valence-electron chi connectivity index (χ0n) is 22.4. The standard InChI is InChI=1S/C26H42N4O5/c1-9-16-30(21(22(32)29-25(3,4)5)18-13-11-10-12-17(18)2)23(33)19(14-15-20(27)31)28-24(34)35-26(6,7)8/h10-13,19,21H,9,14-16H2,1-8H3,(H2,27,31)(H,28,34)(H,29,32). The van der Waals surface area contributed by atoms with E-state index in [0.717, 1.165) is 5.56 Å². The molecule has 2 unspecified atom stereocenters. The van der Waals surface area contributed by atoms with E-state index >= 15 is 0 Å². The zero-order valence-corrected chi connectivity index (χ0v) is 22.4. The summed E-state index contributed by atoms with van der Waals surface area (Å²) in [6.45, 7) is 14.8. The number of primary amides is 1. The second kappa shape index (κ2) is 12.6. The first-order valence-electron chi connectivity index (χ1n) is 12.0. The fraction of sp³-hybridized carbons (Fsp3) is 0.615. The number of benzene rings is 1. The van der Waals surface area contributed by atoms with E-state index in [1.807, 2.05) is 58.9 Å². The van der Waals surface area contributed by atoms with E-state index in [4.69, 9.17) is 10.5 Å². The number of aryl methyl sites for hydroxylation is 1. The van der Waals surface area contributed by atoms with Crippen LogP contribution in [0.2, 0.25) is 0 Å². The number of nitrogens with two attached hydrogens (primary N) is 1. The molecular formula is C26H42N4O5. The van der Waals surface area contributed by atoms with Gasteiger partial charge in [0.25, 0.3) is 0 Å². The van der Waals surface area contributed by atoms with Crippen LogP contribution in [0.5, 0.6) is 0 Å². The van der Waals surface area contributed by atoms with E-state index in [-0.39, 0.29) is 25.3 Å². The van der Waals surface area contributed by atoms with Crippen molar-refractivity contribution in [2.24, 2.45) is 5.73 Å². The Kier molecular flexibility index (Phi) is 10.7. The van der Waals surface area contributed by atoms with Crippen LogP contribution in [0.4, 0.5) is 4.79 Å². The van der Waals surface area contributed by atoms with Crippen molar-refractivity contribution in [3.63, 3.8) is 0 Å². The highest BCUT2D eigenvalue weighted by Gasteiger charge is 2.37. The molecule has 0 spiro atoms. The molecule has 9 heteroatoms. The number of hydrogen-bond donors (Lipinski definition) is 3. The van der Waals surface area contributed by atoms with E-state index in [1.165, 1.54) is 4.90 Å². The maximum atomic E-state index is 13.9. The number of amides is 4. The van der Waals surface area contributed by atoms with Gasteiger partial charge in [0.1, 0.15) is 17.7 Å². The maximum Gasteiger partial charge on any atom is 0.408 e. The summed E-state index contributed by atoms with van der Waals surface area (Å²) in [5, 5.41) is 5.56. The zero-order chi connectivity index (χ0) is 27.0. The Morgan fingerprint density at radius 1 is 1.06 bits per heavy atom. The Hall–Kier alpha value is -3.10. The van der Waals surface area contributed by atoms with E-state index < -0.39 is 41.1 Å². The summed E-state index contributed by atoms with van der Waals surface area (Å²) in [7, 11) is 0. The Bertz CT molecular complexity index is 902. The molecule has 0 aliphatic rings. The number of carbonyl (C=O) groups excluding carboxylic acids is 4. The van der Waals surface area contributed by atoms with Crippen LogP contribution < -0.4 is 16.4 Å². The fourth-order valence-corrected chi connectivity index (χ4v) is 3.58. The van der Waals surface area contributed by atoms with Crippen molar-refractivity contribution in [1.82, 2.24) is 15.5 Å². The normalized spacial score (nSPS) is 13.4. The predicted octanol–water partition coefficient (Wildman–Crippen LogP) is 3.35. The maximum absolute atomic E-state index is 13.9. The Labute approximate surface area is 209 Å². The second-order valence-corrected chi connectivity index (χ2v) is 10.7. The van der Waals surface area contributed by atoms with Gasteiger partial charge >= 0.3 is 6.09 Å². The molecule has 35 heavy (non-hydrogen) atoms. The smallest absolute Gasteiger partial charge is 0.408 e. The number of hydrogen-bond acceptors (Lipinski definition) is 5. The Balaban J connectivity index is 3.48. The van der Waals surface area contributed by atoms with Crippen molar-refractivity contribution < 1.29 is 23.9 Å². The summed E-state index contributed by atoms with van der Waals surface area (Å²) in [6, 6.07) is 5.35. The van der Waals surface area contributed by atoms with Gasteiger partial charge in [-0.1, -0.05) is 31.2 Å². The molecule has 2 atom stereocenters. The number of alkyl carbamates (subject to hydrolysis) is 1. The average molecular weight is 491 g/mol. The molecule has 1 aromatic rings. The summed E-state index contributed by atoms with van der Waals surface area (Å²) in [4.78, 5) is 52.9. The van der Waals surface area contributed by atoms with Crippen LogP contribution in [-0.2, 0) is 19.1 Å². The second-order valence-electron chi connectivity index (χ2n) is 10.7. The van der Waals surface area contributed by atoms with Gasteiger partial charge < -0.3 is 26.0 Å². The molecule has 0 bridgehead atoms. The first-order valence-corrected chi connectivity index (χ1v) is 12.0. The molecule has 9 nitrogen and oxygen atoms in total. The minimum Gasteiger partial charge on any atom is -0.444 e. The van der Waals surface area contributed by atoms with Gasteiger partial charge in [0, 0.05) is 18.5 Å². The third-order valence-corrected chi connectivity index (χ3v) is 4.96. The number of nitrogens with zero attached hydrogens (tertiary/aromatic N) is 1. The van der Waals surface area contributed by atoms with Gasteiger partial charge in [-0.2, -0.15) is 0 Å². The van der Waals surface area contributed by atoms with Gasteiger partial charge in [-0.05, 0) is 72.4 Å². The van der Waals surface area contributed by atoms with E-state index in [1.54, 1.807) is 20.8 Å². The molecule has 0 saturated carbocycles. The first-order chi connectivity index (χ1) is 16.1. The molecule has 0 heterocycles. The SMILES string of the molecule is CCCN(C(=O)C(CCC(N)=O)NC(=O)OC(C)(C)C)C(C(=O)NC(C)(C)C)c1ccccc1C. The van der Waals surface area contributed by atoms with Gasteiger partial charge in [0.2, 0.25) is 17.7 Å². The quantitative estimate of drug-likeness (QED) is 0.463. The summed E-state index contributed by atoms with van der Waals surface area (Å²) in [5.74, 6) is -1.42. The predicted molar refractivity (Wildman–Crippen MR) is 135 cm³/mol. The van der Waals surface area contributed by atoms with E-state index in [0.29, 0.717) is 12.0 Å². The third-order valence-electron chi connectivity index (χ3n) is 4.96. The fourth-order valence-electron chi connectivity index (χ4n) is 3.58. The van der Waals surface area contributed by atoms with Crippen molar-refractivity contribution in [3.05, 3.63) is 35.4 Å². The number of ether oxygens (including phenoxy) is 1. The molecule has 1 rings (SSSR count). The highest BCUT2D eigenvalue weighted by atomic mass is 16.6. The lowest BCUT2D eigenvalue weighted by molar-refractivity contribution is -0.143. The molecule has 4 amide bonds. The van der Waals surface area contributed by atoms with Crippen LogP contribution in [-0.4, -0.2) is 52.4 Å². The molecule has 196 valence electrons. The van der Waals surface area contributed by atoms with Gasteiger partial charge in [-0.25, -0.2) is 4.79 Å². The van der Waals surface area contributed by atoms with Gasteiger partial charge in [-0.3, -0.25) is 14.4 Å². The topological polar surface area (TPSA) is 131 Å². The van der Waals surface area contributed by atoms with Crippen LogP contribution in [0.15, 0.2) is 24.3 Å². The average Bonchev–Trinajstić information content (AvgIpc) is 2.68. The third kappa shape index (κ3) is 10.4. The van der Waals surface area contributed by atoms with E-state index in [2.05, 4.69) is 10.6 Å². The minimum absolute atomic E-state index is 0.0188. The molecule has 0 radical (unpaired) electrons. The Morgan fingerprint density at radius 3 is 2.14 bits per heavy atom. The van der Waals surface area contributed by atoms with Crippen molar-refractivity contribution in [2.75, 3.05) is 6.54 Å². The lowest BCUT2D eigenvalue weighted by Crippen LogP contribution is -2.55. The number of carbonyl (C=O) groups is 4. The summed E-state index contributed by atoms with van der Waals surface area (Å²) >= 11 is 0. The van der Waals surface area contributed by atoms with E-state index in [9.17, 15) is 19.2 Å². The molecule has 0 aliphatic carbocycles. The van der Waals surface area contributed by atoms with Crippen LogP contribution >= 0.6 is 0 Å². The van der Waals surface area contributed by atoms with Crippen LogP contribution in [0.3, 0.4) is 0 Å². The molecule has 1 aromatic carbocycles. The molecular weight excluding hydrogens is 448 g/mol. The van der Waals surface area contributed by atoms with Gasteiger partial charge in [-0.15, -0.1) is 0 Å². The summed E-state index contributed by atoms with van der Waals surface area (Å²) in [6.07, 6.45) is -0.348. The highest BCUT2D eigenvalue weighted by molar-refractivity contribution is 5.93. The van der Waals surface area contributed by atoms with Crippen molar-refractivity contribution in [3.8, 4) is 0 Å². The molecule has 0 saturated heterocycles. The van der Waals surface area contributed by atoms with Crippen molar-refractivity contribution in [1.29, 1.82) is 0 Å². The Morgan fingerprint density at radius 2 is 1.66 bits per heavy atom. The molecule has 0 aliphatic heterocycles. The van der Waals surface area contributed by atoms with Gasteiger partial charge in [0.05, 0.1) is 0 Å². The lowest BCUT2D eigenvalue weighted by Gasteiger charge is -2.36. The summed E-state index contributed by atoms with van der Waals surface area (Å²) < 4.78 is 5.33. The molecule has 0 aromatic heterocycles. The van der Waals surface area contributed by atoms with Crippen molar-refractivity contribution in [2.45, 2.75) is 97.9 Å². The van der Waals surface area contributed by atoms with Gasteiger partial charge in [0.15, 0.2) is 0 Å². The number of rotatable bonds is 10. The summed E-state index contributed by atoms with van der Waals surface area (Å²) in [5.41, 5.74) is 5.55. The molecule has 4 N–H and O–H groups in total. The highest BCUT2D eigenvalue weighted by Crippen LogP contribution is 2.27. The minimum atomic E-state index is -1.10. The van der Waals surface area contributed by atoms with Crippen LogP contribution in [0.1, 0.15) is 84.9 Å². The number of nitrogens with one attached hydrogen (secondary N) is 2.